The fourth-order valence-corrected chi connectivity index (χ4v) is 1.26. The summed E-state index contributed by atoms with van der Waals surface area (Å²) in [6.45, 7) is 3.50. The van der Waals surface area contributed by atoms with Crippen LogP contribution in [0.15, 0.2) is 0 Å². The Morgan fingerprint density at radius 2 is 1.78 bits per heavy atom. The second kappa shape index (κ2) is 8.18. The first-order valence-corrected chi connectivity index (χ1v) is 5.06. The number of hydrogen-bond acceptors (Lipinski definition) is 1. The minimum absolute atomic E-state index is 1.16. The second-order valence-electron chi connectivity index (χ2n) is 2.52. The van der Waals surface area contributed by atoms with Crippen molar-refractivity contribution >= 4 is 10.4 Å². The Labute approximate surface area is 61.7 Å². The average Bonchev–Trinajstić information content (AvgIpc) is 1.89. The summed E-state index contributed by atoms with van der Waals surface area (Å²) in [4.78, 5) is 3.28. The highest BCUT2D eigenvalue weighted by Gasteiger charge is 1.85. The Hall–Kier alpha value is 0.177. The normalized spacial score (nSPS) is 10.3. The van der Waals surface area contributed by atoms with Crippen molar-refractivity contribution in [3.05, 3.63) is 0 Å². The van der Waals surface area contributed by atoms with Gasteiger partial charge in [0.1, 0.15) is 0 Å². The number of unbranched alkanes of at least 4 members (excludes halogenated alkanes) is 4. The highest BCUT2D eigenvalue weighted by Crippen LogP contribution is 2.00. The van der Waals surface area contributed by atoms with Crippen LogP contribution in [-0.2, 0) is 0 Å². The van der Waals surface area contributed by atoms with Gasteiger partial charge in [-0.25, -0.2) is 0 Å². The van der Waals surface area contributed by atoms with E-state index in [-0.39, 0.29) is 0 Å². The Morgan fingerprint density at radius 3 is 2.33 bits per heavy atom. The van der Waals surface area contributed by atoms with Crippen LogP contribution in [0, 0.1) is 0 Å². The molecule has 0 rings (SSSR count). The monoisotopic (exact) mass is 145 g/mol. The molecule has 0 heterocycles. The Morgan fingerprint density at radius 1 is 1.11 bits per heavy atom. The fourth-order valence-electron chi connectivity index (χ4n) is 0.905. The van der Waals surface area contributed by atoms with Gasteiger partial charge < -0.3 is 4.98 Å². The van der Waals surface area contributed by atoms with Crippen LogP contribution >= 0.6 is 0 Å². The fraction of sp³-hybridized carbons (Fsp3) is 1.00. The topological polar surface area (TPSA) is 12.0 Å². The zero-order valence-corrected chi connectivity index (χ0v) is 8.74. The van der Waals surface area contributed by atoms with Crippen LogP contribution in [0.2, 0.25) is 0 Å². The molecule has 0 radical (unpaired) electrons. The van der Waals surface area contributed by atoms with E-state index in [1.54, 1.807) is 0 Å². The first-order valence-electron chi connectivity index (χ1n) is 4.06. The summed E-state index contributed by atoms with van der Waals surface area (Å²) in [5.41, 5.74) is 0. The predicted octanol–water partition coefficient (Wildman–Crippen LogP) is 0.827. The number of rotatable bonds is 6. The molecule has 0 saturated carbocycles. The Bertz CT molecular complexity index is 42.2. The van der Waals surface area contributed by atoms with Gasteiger partial charge in [0.15, 0.2) is 0 Å². The molecule has 0 aliphatic heterocycles. The highest BCUT2D eigenvalue weighted by atomic mass is 28.2. The smallest absolute Gasteiger partial charge is 0.0749 e. The summed E-state index contributed by atoms with van der Waals surface area (Å²) < 4.78 is 0. The van der Waals surface area contributed by atoms with E-state index in [4.69, 9.17) is 0 Å². The lowest BCUT2D eigenvalue weighted by atomic mass is 10.2. The molecule has 0 spiro atoms. The van der Waals surface area contributed by atoms with Gasteiger partial charge >= 0.3 is 0 Å². The number of nitrogens with one attached hydrogen (secondary N) is 1. The molecule has 0 aromatic carbocycles. The van der Waals surface area contributed by atoms with Crippen molar-refractivity contribution in [3.8, 4) is 0 Å². The van der Waals surface area contributed by atoms with E-state index < -0.39 is 0 Å². The summed E-state index contributed by atoms with van der Waals surface area (Å²) >= 11 is 0. The zero-order chi connectivity index (χ0) is 6.95. The van der Waals surface area contributed by atoms with Crippen molar-refractivity contribution in [2.45, 2.75) is 39.0 Å². The third kappa shape index (κ3) is 8.18. The quantitative estimate of drug-likeness (QED) is 0.431. The van der Waals surface area contributed by atoms with Crippen LogP contribution in [0.5, 0.6) is 0 Å². The van der Waals surface area contributed by atoms with E-state index >= 15 is 0 Å². The number of hydrogen-bond donors (Lipinski definition) is 1. The van der Waals surface area contributed by atoms with Gasteiger partial charge in [0.2, 0.25) is 0 Å². The standard InChI is InChI=1S/C7H19NSi/c1-2-3-4-5-6-7-8-9/h8H,2-7H2,1,9H3. The molecule has 0 saturated heterocycles. The minimum Gasteiger partial charge on any atom is -0.345 e. The summed E-state index contributed by atoms with van der Waals surface area (Å²) in [5, 5.41) is 0. The molecule has 0 aromatic heterocycles. The van der Waals surface area contributed by atoms with Crippen molar-refractivity contribution in [1.82, 2.24) is 4.98 Å². The zero-order valence-electron chi connectivity index (χ0n) is 6.74. The molecule has 2 heteroatoms. The Balaban J connectivity index is 2.60. The van der Waals surface area contributed by atoms with Crippen molar-refractivity contribution in [2.24, 2.45) is 0 Å². The predicted molar refractivity (Wildman–Crippen MR) is 46.7 cm³/mol. The summed E-state index contributed by atoms with van der Waals surface area (Å²) in [6, 6.07) is 0. The van der Waals surface area contributed by atoms with Crippen LogP contribution in [0.1, 0.15) is 39.0 Å². The lowest BCUT2D eigenvalue weighted by molar-refractivity contribution is 0.628. The molecule has 0 aliphatic rings. The van der Waals surface area contributed by atoms with Crippen molar-refractivity contribution in [3.63, 3.8) is 0 Å². The van der Waals surface area contributed by atoms with E-state index in [0.29, 0.717) is 0 Å². The highest BCUT2D eigenvalue weighted by molar-refractivity contribution is 6.04. The van der Waals surface area contributed by atoms with Gasteiger partial charge in [-0.05, 0) is 13.0 Å². The van der Waals surface area contributed by atoms with E-state index in [2.05, 4.69) is 11.9 Å². The van der Waals surface area contributed by atoms with E-state index in [9.17, 15) is 0 Å². The molecule has 0 fully saturated rings. The molecule has 0 aliphatic carbocycles. The maximum Gasteiger partial charge on any atom is 0.0749 e. The lowest BCUT2D eigenvalue weighted by Gasteiger charge is -1.97. The minimum atomic E-state index is 1.16. The van der Waals surface area contributed by atoms with Crippen LogP contribution < -0.4 is 4.98 Å². The molecule has 1 nitrogen and oxygen atoms in total. The summed E-state index contributed by atoms with van der Waals surface area (Å²) in [5.74, 6) is 0. The van der Waals surface area contributed by atoms with Gasteiger partial charge in [0.05, 0.1) is 10.4 Å². The molecular weight excluding hydrogens is 126 g/mol. The van der Waals surface area contributed by atoms with E-state index in [0.717, 1.165) is 10.4 Å². The molecule has 0 bridgehead atoms. The van der Waals surface area contributed by atoms with Gasteiger partial charge in [-0.15, -0.1) is 0 Å². The molecule has 0 unspecified atom stereocenters. The first-order chi connectivity index (χ1) is 4.41. The first kappa shape index (κ1) is 9.18. The van der Waals surface area contributed by atoms with E-state index in [1.165, 1.54) is 38.6 Å². The SMILES string of the molecule is CCCCCCCN[SiH3]. The Kier molecular flexibility index (Phi) is 8.34. The maximum absolute atomic E-state index is 3.28. The largest absolute Gasteiger partial charge is 0.345 e. The van der Waals surface area contributed by atoms with Gasteiger partial charge in [0.25, 0.3) is 0 Å². The summed E-state index contributed by atoms with van der Waals surface area (Å²) in [7, 11) is 1.16. The molecule has 0 atom stereocenters. The van der Waals surface area contributed by atoms with Crippen molar-refractivity contribution < 1.29 is 0 Å². The molecule has 0 amide bonds. The lowest BCUT2D eigenvalue weighted by Crippen LogP contribution is -2.09. The molecular formula is C7H19NSi. The van der Waals surface area contributed by atoms with Gasteiger partial charge in [0, 0.05) is 0 Å². The molecule has 56 valence electrons. The molecule has 9 heavy (non-hydrogen) atoms. The third-order valence-corrected chi connectivity index (χ3v) is 2.03. The average molecular weight is 145 g/mol. The van der Waals surface area contributed by atoms with Crippen LogP contribution in [0.4, 0.5) is 0 Å². The molecule has 1 N–H and O–H groups in total. The van der Waals surface area contributed by atoms with Crippen molar-refractivity contribution in [1.29, 1.82) is 0 Å². The van der Waals surface area contributed by atoms with Gasteiger partial charge in [-0.2, -0.15) is 0 Å². The van der Waals surface area contributed by atoms with Gasteiger partial charge in [-0.1, -0.05) is 32.6 Å². The van der Waals surface area contributed by atoms with E-state index in [1.807, 2.05) is 0 Å². The third-order valence-electron chi connectivity index (χ3n) is 1.53. The van der Waals surface area contributed by atoms with Crippen LogP contribution in [0.3, 0.4) is 0 Å². The second-order valence-corrected chi connectivity index (χ2v) is 3.22. The van der Waals surface area contributed by atoms with Gasteiger partial charge in [-0.3, -0.25) is 0 Å². The van der Waals surface area contributed by atoms with Crippen LogP contribution in [-0.4, -0.2) is 16.9 Å². The van der Waals surface area contributed by atoms with Crippen LogP contribution in [0.25, 0.3) is 0 Å². The molecule has 0 aromatic rings. The maximum atomic E-state index is 3.28. The van der Waals surface area contributed by atoms with Crippen molar-refractivity contribution in [2.75, 3.05) is 6.54 Å². The summed E-state index contributed by atoms with van der Waals surface area (Å²) in [6.07, 6.45) is 7.00.